The van der Waals surface area contributed by atoms with Crippen LogP contribution in [0.5, 0.6) is 0 Å². The smallest absolute Gasteiger partial charge is 0.217 e. The van der Waals surface area contributed by atoms with Gasteiger partial charge in [0.05, 0.1) is 6.04 Å². The summed E-state index contributed by atoms with van der Waals surface area (Å²) in [6.07, 6.45) is 0. The third kappa shape index (κ3) is 7.42. The maximum absolute atomic E-state index is 12.2. The van der Waals surface area contributed by atoms with Crippen LogP contribution >= 0.6 is 11.8 Å². The molecule has 1 amide bonds. The molecule has 0 fully saturated rings. The quantitative estimate of drug-likeness (QED) is 0.844. The Hall–Kier alpha value is -0.510. The number of Topliss-reactive ketones (excluding diaryl/α,β-unsaturated/α-hetero) is 1. The Morgan fingerprint density at radius 1 is 1.12 bits per heavy atom. The fourth-order valence-electron chi connectivity index (χ4n) is 1.28. The summed E-state index contributed by atoms with van der Waals surface area (Å²) >= 11 is 1.69. The molecule has 0 saturated heterocycles. The molecule has 0 aliphatic rings. The van der Waals surface area contributed by atoms with Gasteiger partial charge < -0.3 is 5.32 Å². The van der Waals surface area contributed by atoms with E-state index in [9.17, 15) is 9.59 Å². The molecule has 17 heavy (non-hydrogen) atoms. The number of hydrogen-bond acceptors (Lipinski definition) is 3. The zero-order valence-corrected chi connectivity index (χ0v) is 12.8. The topological polar surface area (TPSA) is 46.2 Å². The van der Waals surface area contributed by atoms with Crippen molar-refractivity contribution < 1.29 is 9.59 Å². The van der Waals surface area contributed by atoms with Crippen LogP contribution in [-0.2, 0) is 9.59 Å². The number of carbonyl (C=O) groups excluding carboxylic acids is 2. The summed E-state index contributed by atoms with van der Waals surface area (Å²) in [5, 5.41) is 2.75. The van der Waals surface area contributed by atoms with Crippen LogP contribution in [0.15, 0.2) is 0 Å². The molecule has 0 aliphatic heterocycles. The van der Waals surface area contributed by atoms with E-state index in [4.69, 9.17) is 0 Å². The van der Waals surface area contributed by atoms with Crippen molar-refractivity contribution in [2.24, 2.45) is 5.41 Å². The monoisotopic (exact) mass is 259 g/mol. The molecule has 0 rings (SSSR count). The van der Waals surface area contributed by atoms with E-state index in [1.807, 2.05) is 20.8 Å². The van der Waals surface area contributed by atoms with Gasteiger partial charge in [0.2, 0.25) is 5.91 Å². The highest BCUT2D eigenvalue weighted by molar-refractivity contribution is 8.00. The third-order valence-electron chi connectivity index (χ3n) is 2.12. The van der Waals surface area contributed by atoms with Gasteiger partial charge in [-0.25, -0.2) is 0 Å². The molecule has 100 valence electrons. The first-order valence-corrected chi connectivity index (χ1v) is 6.87. The van der Waals surface area contributed by atoms with E-state index in [1.54, 1.807) is 11.8 Å². The van der Waals surface area contributed by atoms with Gasteiger partial charge in [0.15, 0.2) is 5.78 Å². The summed E-state index contributed by atoms with van der Waals surface area (Å²) in [5.74, 6) is 0.561. The van der Waals surface area contributed by atoms with Gasteiger partial charge in [-0.05, 0) is 0 Å². The predicted octanol–water partition coefficient (Wildman–Crippen LogP) is 2.64. The maximum Gasteiger partial charge on any atom is 0.217 e. The highest BCUT2D eigenvalue weighted by Gasteiger charge is 2.31. The summed E-state index contributed by atoms with van der Waals surface area (Å²) in [6, 6.07) is -0.392. The zero-order valence-electron chi connectivity index (χ0n) is 12.0. The molecule has 0 radical (unpaired) electrons. The van der Waals surface area contributed by atoms with Crippen LogP contribution in [0, 0.1) is 5.41 Å². The van der Waals surface area contributed by atoms with Gasteiger partial charge in [0, 0.05) is 22.8 Å². The molecule has 0 spiro atoms. The van der Waals surface area contributed by atoms with Crippen LogP contribution in [0.1, 0.15) is 48.5 Å². The van der Waals surface area contributed by atoms with Crippen LogP contribution in [0.25, 0.3) is 0 Å². The lowest BCUT2D eigenvalue weighted by Crippen LogP contribution is -2.47. The summed E-state index contributed by atoms with van der Waals surface area (Å²) in [6.45, 7) is 13.4. The number of thioether (sulfide) groups is 1. The average Bonchev–Trinajstić information content (AvgIpc) is 2.07. The van der Waals surface area contributed by atoms with E-state index in [0.29, 0.717) is 5.75 Å². The fourth-order valence-corrected chi connectivity index (χ4v) is 2.19. The van der Waals surface area contributed by atoms with E-state index >= 15 is 0 Å². The molecule has 1 unspecified atom stereocenters. The standard InChI is InChI=1S/C13H25NO2S/c1-9(15)14-10(8-17-13(5,6)7)11(16)12(2,3)4/h10H,8H2,1-7H3,(H,14,15). The number of hydrogen-bond donors (Lipinski definition) is 1. The number of nitrogens with one attached hydrogen (secondary N) is 1. The molecule has 0 aromatic carbocycles. The minimum Gasteiger partial charge on any atom is -0.346 e. The Bertz CT molecular complexity index is 287. The van der Waals surface area contributed by atoms with Gasteiger partial charge >= 0.3 is 0 Å². The Kier molecular flexibility index (Phi) is 5.72. The van der Waals surface area contributed by atoms with E-state index in [-0.39, 0.29) is 16.4 Å². The molecule has 0 aromatic rings. The van der Waals surface area contributed by atoms with Crippen LogP contribution in [0.2, 0.25) is 0 Å². The second-order valence-corrected chi connectivity index (χ2v) is 8.14. The van der Waals surface area contributed by atoms with Gasteiger partial charge in [-0.3, -0.25) is 9.59 Å². The van der Waals surface area contributed by atoms with Crippen LogP contribution in [0.4, 0.5) is 0 Å². The van der Waals surface area contributed by atoms with E-state index < -0.39 is 11.5 Å². The van der Waals surface area contributed by atoms with Crippen molar-refractivity contribution in [3.8, 4) is 0 Å². The van der Waals surface area contributed by atoms with Crippen molar-refractivity contribution in [1.29, 1.82) is 0 Å². The minimum atomic E-state index is -0.425. The summed E-state index contributed by atoms with van der Waals surface area (Å²) in [5.41, 5.74) is -0.425. The third-order valence-corrected chi connectivity index (χ3v) is 3.48. The molecule has 4 heteroatoms. The van der Waals surface area contributed by atoms with Crippen LogP contribution in [-0.4, -0.2) is 28.2 Å². The first-order chi connectivity index (χ1) is 7.43. The van der Waals surface area contributed by atoms with Gasteiger partial charge in [0.1, 0.15) is 0 Å². The van der Waals surface area contributed by atoms with E-state index in [0.717, 1.165) is 0 Å². The lowest BCUT2D eigenvalue weighted by molar-refractivity contribution is -0.131. The molecule has 0 saturated carbocycles. The Balaban J connectivity index is 4.66. The van der Waals surface area contributed by atoms with Crippen molar-refractivity contribution in [3.05, 3.63) is 0 Å². The molecule has 0 aromatic heterocycles. The number of amides is 1. The Morgan fingerprint density at radius 3 is 1.88 bits per heavy atom. The SMILES string of the molecule is CC(=O)NC(CSC(C)(C)C)C(=O)C(C)(C)C. The van der Waals surface area contributed by atoms with Gasteiger partial charge in [-0.15, -0.1) is 0 Å². The number of rotatable bonds is 4. The van der Waals surface area contributed by atoms with Crippen molar-refractivity contribution >= 4 is 23.5 Å². The van der Waals surface area contributed by atoms with E-state index in [1.165, 1.54) is 6.92 Å². The second kappa shape index (κ2) is 5.89. The largest absolute Gasteiger partial charge is 0.346 e. The molecule has 0 bridgehead atoms. The second-order valence-electron chi connectivity index (χ2n) is 6.29. The molecule has 0 heterocycles. The van der Waals surface area contributed by atoms with Crippen molar-refractivity contribution in [1.82, 2.24) is 5.32 Å². The molecule has 3 nitrogen and oxygen atoms in total. The molecular formula is C13H25NO2S. The molecule has 1 N–H and O–H groups in total. The zero-order chi connectivity index (χ0) is 13.9. The fraction of sp³-hybridized carbons (Fsp3) is 0.846. The number of carbonyl (C=O) groups is 2. The van der Waals surface area contributed by atoms with Crippen molar-refractivity contribution in [3.63, 3.8) is 0 Å². The predicted molar refractivity (Wildman–Crippen MR) is 74.3 cm³/mol. The van der Waals surface area contributed by atoms with Crippen molar-refractivity contribution in [2.45, 2.75) is 59.3 Å². The molecule has 0 aliphatic carbocycles. The minimum absolute atomic E-state index is 0.0875. The summed E-state index contributed by atoms with van der Waals surface area (Å²) in [4.78, 5) is 23.3. The Labute approximate surface area is 109 Å². The summed E-state index contributed by atoms with van der Waals surface area (Å²) in [7, 11) is 0. The van der Waals surface area contributed by atoms with Gasteiger partial charge in [-0.2, -0.15) is 11.8 Å². The maximum atomic E-state index is 12.2. The summed E-state index contributed by atoms with van der Waals surface area (Å²) < 4.78 is 0.0921. The first-order valence-electron chi connectivity index (χ1n) is 5.89. The van der Waals surface area contributed by atoms with Gasteiger partial charge in [0.25, 0.3) is 0 Å². The normalized spacial score (nSPS) is 14.3. The average molecular weight is 259 g/mol. The van der Waals surface area contributed by atoms with Crippen LogP contribution in [0.3, 0.4) is 0 Å². The highest BCUT2D eigenvalue weighted by atomic mass is 32.2. The van der Waals surface area contributed by atoms with Gasteiger partial charge in [-0.1, -0.05) is 41.5 Å². The molecule has 1 atom stereocenters. The lowest BCUT2D eigenvalue weighted by atomic mass is 9.87. The van der Waals surface area contributed by atoms with Crippen molar-refractivity contribution in [2.75, 3.05) is 5.75 Å². The van der Waals surface area contributed by atoms with E-state index in [2.05, 4.69) is 26.1 Å². The number of ketones is 1. The van der Waals surface area contributed by atoms with Crippen LogP contribution < -0.4 is 5.32 Å². The Morgan fingerprint density at radius 2 is 1.59 bits per heavy atom. The highest BCUT2D eigenvalue weighted by Crippen LogP contribution is 2.26. The lowest BCUT2D eigenvalue weighted by Gasteiger charge is -2.27. The molecular weight excluding hydrogens is 234 g/mol. The first kappa shape index (κ1) is 16.5.